The molecule has 37 heavy (non-hydrogen) atoms. The summed E-state index contributed by atoms with van der Waals surface area (Å²) in [6.45, 7) is 3.98. The van der Waals surface area contributed by atoms with E-state index in [0.717, 1.165) is 16.5 Å². The van der Waals surface area contributed by atoms with Crippen LogP contribution >= 0.6 is 0 Å². The van der Waals surface area contributed by atoms with Gasteiger partial charge in [0.15, 0.2) is 0 Å². The van der Waals surface area contributed by atoms with Crippen molar-refractivity contribution >= 4 is 34.7 Å². The van der Waals surface area contributed by atoms with E-state index in [1.807, 2.05) is 24.3 Å². The van der Waals surface area contributed by atoms with E-state index in [2.05, 4.69) is 27.5 Å². The van der Waals surface area contributed by atoms with Crippen molar-refractivity contribution in [3.8, 4) is 0 Å². The number of nitrogens with zero attached hydrogens (tertiary/aromatic N) is 2. The molecule has 0 spiro atoms. The number of carbonyl (C=O) groups excluding carboxylic acids is 4. The van der Waals surface area contributed by atoms with E-state index < -0.39 is 36.0 Å². The average Bonchev–Trinajstić information content (AvgIpc) is 3.60. The molecule has 1 aliphatic heterocycles. The van der Waals surface area contributed by atoms with Gasteiger partial charge in [0.05, 0.1) is 6.04 Å². The molecule has 0 saturated carbocycles. The maximum absolute atomic E-state index is 13.5. The van der Waals surface area contributed by atoms with Crippen LogP contribution in [0.2, 0.25) is 0 Å². The van der Waals surface area contributed by atoms with Crippen molar-refractivity contribution in [2.24, 2.45) is 12.8 Å². The summed E-state index contributed by atoms with van der Waals surface area (Å²) in [5.74, 6) is -1.55. The molecule has 5 amide bonds. The van der Waals surface area contributed by atoms with Crippen LogP contribution in [0.15, 0.2) is 61.4 Å². The highest BCUT2D eigenvalue weighted by molar-refractivity contribution is 5.98. The third kappa shape index (κ3) is 5.66. The minimum absolute atomic E-state index is 0.132. The maximum Gasteiger partial charge on any atom is 0.315 e. The van der Waals surface area contributed by atoms with Gasteiger partial charge >= 0.3 is 6.03 Å². The van der Waals surface area contributed by atoms with Gasteiger partial charge in [-0.05, 0) is 30.2 Å². The number of aromatic amines is 1. The molecule has 2 aromatic heterocycles. The number of aryl methyl sites for hydroxylation is 1. The minimum atomic E-state index is -0.985. The highest BCUT2D eigenvalue weighted by Gasteiger charge is 2.42. The Bertz CT molecular complexity index is 1330. The zero-order valence-electron chi connectivity index (χ0n) is 20.6. The number of aromatic nitrogens is 2. The van der Waals surface area contributed by atoms with E-state index in [0.29, 0.717) is 5.69 Å². The molecule has 194 valence electrons. The molecule has 3 heterocycles. The maximum atomic E-state index is 13.5. The first-order chi connectivity index (χ1) is 17.8. The van der Waals surface area contributed by atoms with Crippen LogP contribution in [-0.4, -0.2) is 69.4 Å². The van der Waals surface area contributed by atoms with E-state index in [4.69, 9.17) is 5.73 Å². The number of rotatable bonds is 9. The number of nitrogens with two attached hydrogens (primary N) is 1. The molecule has 1 fully saturated rings. The Morgan fingerprint density at radius 1 is 1.22 bits per heavy atom. The van der Waals surface area contributed by atoms with Crippen molar-refractivity contribution in [1.29, 1.82) is 0 Å². The highest BCUT2D eigenvalue weighted by Crippen LogP contribution is 2.23. The van der Waals surface area contributed by atoms with Crippen molar-refractivity contribution in [2.45, 2.75) is 31.0 Å². The third-order valence-corrected chi connectivity index (χ3v) is 6.53. The summed E-state index contributed by atoms with van der Waals surface area (Å²) in [6.07, 6.45) is 5.45. The number of nitrogens with one attached hydrogen (secondary N) is 4. The van der Waals surface area contributed by atoms with Crippen LogP contribution in [0.3, 0.4) is 0 Å². The zero-order valence-corrected chi connectivity index (χ0v) is 20.6. The van der Waals surface area contributed by atoms with Crippen LogP contribution < -0.4 is 21.7 Å². The number of H-pyrrole nitrogens is 1. The Morgan fingerprint density at radius 2 is 2.00 bits per heavy atom. The Morgan fingerprint density at radius 3 is 2.70 bits per heavy atom. The van der Waals surface area contributed by atoms with Crippen LogP contribution in [0.1, 0.15) is 22.5 Å². The molecule has 1 saturated heterocycles. The Balaban J connectivity index is 1.53. The van der Waals surface area contributed by atoms with Crippen molar-refractivity contribution in [2.75, 3.05) is 13.1 Å². The van der Waals surface area contributed by atoms with Gasteiger partial charge < -0.3 is 36.1 Å². The summed E-state index contributed by atoms with van der Waals surface area (Å²) in [5, 5.41) is 9.11. The van der Waals surface area contributed by atoms with Gasteiger partial charge in [-0.15, -0.1) is 6.58 Å². The Kier molecular flexibility index (Phi) is 7.61. The van der Waals surface area contributed by atoms with E-state index in [9.17, 15) is 19.2 Å². The first-order valence-electron chi connectivity index (χ1n) is 12.0. The second-order valence-electron chi connectivity index (χ2n) is 9.08. The number of benzene rings is 1. The smallest absolute Gasteiger partial charge is 0.315 e. The van der Waals surface area contributed by atoms with Crippen LogP contribution in [0, 0.1) is 0 Å². The fourth-order valence-electron chi connectivity index (χ4n) is 4.66. The summed E-state index contributed by atoms with van der Waals surface area (Å²) in [5.41, 5.74) is 7.80. The number of urea groups is 1. The topological polar surface area (TPSA) is 154 Å². The number of likely N-dealkylation sites (tertiary alicyclic amines) is 1. The highest BCUT2D eigenvalue weighted by atomic mass is 16.2. The van der Waals surface area contributed by atoms with Crippen LogP contribution in [0.5, 0.6) is 0 Å². The number of carbonyl (C=O) groups is 4. The molecule has 3 atom stereocenters. The number of para-hydroxylation sites is 1. The fraction of sp³-hybridized carbons (Fsp3) is 0.308. The zero-order chi connectivity index (χ0) is 26.5. The number of amides is 5. The van der Waals surface area contributed by atoms with Gasteiger partial charge in [-0.2, -0.15) is 0 Å². The predicted molar refractivity (Wildman–Crippen MR) is 139 cm³/mol. The molecule has 0 bridgehead atoms. The second-order valence-corrected chi connectivity index (χ2v) is 9.08. The van der Waals surface area contributed by atoms with E-state index >= 15 is 0 Å². The normalized spacial score (nSPS) is 17.8. The van der Waals surface area contributed by atoms with Gasteiger partial charge in [-0.25, -0.2) is 4.79 Å². The van der Waals surface area contributed by atoms with Gasteiger partial charge in [0.2, 0.25) is 11.8 Å². The SMILES string of the molecule is C=CCNC(=O)N[C@H]1C[C@@H](C(=O)N[C@H](Cc2c[nH]c3ccccc23)C(N)=O)N(C(=O)c2cccn2C)C1. The van der Waals surface area contributed by atoms with Gasteiger partial charge in [0.1, 0.15) is 17.8 Å². The molecule has 3 aromatic rings. The lowest BCUT2D eigenvalue weighted by Gasteiger charge is -2.25. The Hall–Kier alpha value is -4.54. The van der Waals surface area contributed by atoms with Crippen molar-refractivity contribution in [1.82, 2.24) is 30.4 Å². The van der Waals surface area contributed by atoms with Crippen molar-refractivity contribution < 1.29 is 19.2 Å². The lowest BCUT2D eigenvalue weighted by atomic mass is 10.0. The summed E-state index contributed by atoms with van der Waals surface area (Å²) in [4.78, 5) is 55.9. The lowest BCUT2D eigenvalue weighted by molar-refractivity contribution is -0.129. The number of hydrogen-bond acceptors (Lipinski definition) is 4. The Labute approximate surface area is 214 Å². The first-order valence-corrected chi connectivity index (χ1v) is 12.0. The molecule has 6 N–H and O–H groups in total. The molecular formula is C26H31N7O4. The fourth-order valence-corrected chi connectivity index (χ4v) is 4.66. The predicted octanol–water partition coefficient (Wildman–Crippen LogP) is 0.788. The lowest BCUT2D eigenvalue weighted by Crippen LogP contribution is -2.53. The van der Waals surface area contributed by atoms with Crippen molar-refractivity contribution in [3.63, 3.8) is 0 Å². The van der Waals surface area contributed by atoms with Crippen LogP contribution in [-0.2, 0) is 23.1 Å². The largest absolute Gasteiger partial charge is 0.368 e. The quantitative estimate of drug-likeness (QED) is 0.273. The van der Waals surface area contributed by atoms with E-state index in [-0.39, 0.29) is 31.8 Å². The molecule has 0 aliphatic carbocycles. The van der Waals surface area contributed by atoms with E-state index in [1.165, 1.54) is 4.90 Å². The summed E-state index contributed by atoms with van der Waals surface area (Å²) < 4.78 is 1.66. The van der Waals surface area contributed by atoms with Gasteiger partial charge in [0.25, 0.3) is 5.91 Å². The molecule has 11 nitrogen and oxygen atoms in total. The molecule has 11 heteroatoms. The molecule has 1 aromatic carbocycles. The molecule has 0 radical (unpaired) electrons. The average molecular weight is 506 g/mol. The number of fused-ring (bicyclic) bond motifs is 1. The molecule has 0 unspecified atom stereocenters. The van der Waals surface area contributed by atoms with Gasteiger partial charge in [0, 0.05) is 49.9 Å². The monoisotopic (exact) mass is 505 g/mol. The van der Waals surface area contributed by atoms with Gasteiger partial charge in [-0.3, -0.25) is 14.4 Å². The van der Waals surface area contributed by atoms with Crippen molar-refractivity contribution in [3.05, 3.63) is 72.7 Å². The molecule has 4 rings (SSSR count). The standard InChI is InChI=1S/C26H31N7O4/c1-3-10-28-26(37)30-17-13-22(33(15-17)25(36)21-9-6-11-32(21)2)24(35)31-20(23(27)34)12-16-14-29-19-8-5-4-7-18(16)19/h3-9,11,14,17,20,22,29H,1,10,12-13,15H2,2H3,(H2,27,34)(H,31,35)(H2,28,30,37)/t17-,20+,22-/m0/s1. The van der Waals surface area contributed by atoms with E-state index in [1.54, 1.807) is 42.2 Å². The summed E-state index contributed by atoms with van der Waals surface area (Å²) >= 11 is 0. The first kappa shape index (κ1) is 25.5. The third-order valence-electron chi connectivity index (χ3n) is 6.53. The van der Waals surface area contributed by atoms with Crippen LogP contribution in [0.25, 0.3) is 10.9 Å². The molecule has 1 aliphatic rings. The summed E-state index contributed by atoms with van der Waals surface area (Å²) in [6, 6.07) is 8.25. The number of primary amides is 1. The van der Waals surface area contributed by atoms with Gasteiger partial charge in [-0.1, -0.05) is 24.3 Å². The second kappa shape index (κ2) is 11.0. The minimum Gasteiger partial charge on any atom is -0.368 e. The van der Waals surface area contributed by atoms with Crippen LogP contribution in [0.4, 0.5) is 4.79 Å². The number of hydrogen-bond donors (Lipinski definition) is 5. The summed E-state index contributed by atoms with van der Waals surface area (Å²) in [7, 11) is 1.74. The molecular weight excluding hydrogens is 474 g/mol.